The van der Waals surface area contributed by atoms with E-state index < -0.39 is 0 Å². The SMILES string of the molecule is Cc1ccnc(NCC2CNC2)c1Br. The fraction of sp³-hybridized carbons (Fsp3) is 0.500. The van der Waals surface area contributed by atoms with Crippen molar-refractivity contribution in [3.8, 4) is 0 Å². The van der Waals surface area contributed by atoms with Crippen molar-refractivity contribution in [2.75, 3.05) is 25.0 Å². The van der Waals surface area contributed by atoms with Crippen LogP contribution in [0.15, 0.2) is 16.7 Å². The van der Waals surface area contributed by atoms with Crippen molar-refractivity contribution in [2.24, 2.45) is 5.92 Å². The zero-order valence-corrected chi connectivity index (χ0v) is 9.76. The number of nitrogens with one attached hydrogen (secondary N) is 2. The van der Waals surface area contributed by atoms with Gasteiger partial charge in [-0.25, -0.2) is 4.98 Å². The van der Waals surface area contributed by atoms with Gasteiger partial charge >= 0.3 is 0 Å². The summed E-state index contributed by atoms with van der Waals surface area (Å²) in [5, 5.41) is 6.61. The third-order valence-electron chi connectivity index (χ3n) is 2.51. The fourth-order valence-electron chi connectivity index (χ4n) is 1.40. The molecule has 0 saturated carbocycles. The monoisotopic (exact) mass is 255 g/mol. The van der Waals surface area contributed by atoms with Gasteiger partial charge in [0.2, 0.25) is 0 Å². The number of aryl methyl sites for hydroxylation is 1. The van der Waals surface area contributed by atoms with Gasteiger partial charge in [-0.15, -0.1) is 0 Å². The maximum absolute atomic E-state index is 4.29. The van der Waals surface area contributed by atoms with Crippen LogP contribution in [0.4, 0.5) is 5.82 Å². The first kappa shape index (κ1) is 9.93. The highest BCUT2D eigenvalue weighted by Crippen LogP contribution is 2.23. The van der Waals surface area contributed by atoms with Gasteiger partial charge in [-0.05, 0) is 34.5 Å². The standard InChI is InChI=1S/C10H14BrN3/c1-7-2-3-13-10(9(7)11)14-6-8-4-12-5-8/h2-3,8,12H,4-6H2,1H3,(H,13,14). The van der Waals surface area contributed by atoms with E-state index in [9.17, 15) is 0 Å². The molecule has 76 valence electrons. The fourth-order valence-corrected chi connectivity index (χ4v) is 1.77. The molecule has 1 aromatic rings. The van der Waals surface area contributed by atoms with Crippen LogP contribution in [-0.4, -0.2) is 24.6 Å². The minimum atomic E-state index is 0.754. The van der Waals surface area contributed by atoms with Crippen LogP contribution in [-0.2, 0) is 0 Å². The second-order valence-corrected chi connectivity index (χ2v) is 4.49. The van der Waals surface area contributed by atoms with Crippen LogP contribution in [0.3, 0.4) is 0 Å². The smallest absolute Gasteiger partial charge is 0.140 e. The molecule has 1 aromatic heterocycles. The zero-order valence-electron chi connectivity index (χ0n) is 8.18. The van der Waals surface area contributed by atoms with Gasteiger partial charge in [0.15, 0.2) is 0 Å². The van der Waals surface area contributed by atoms with Crippen LogP contribution in [0.1, 0.15) is 5.56 Å². The number of hydrogen-bond acceptors (Lipinski definition) is 3. The van der Waals surface area contributed by atoms with Gasteiger partial charge in [-0.1, -0.05) is 0 Å². The molecule has 0 aromatic carbocycles. The molecule has 0 amide bonds. The lowest BCUT2D eigenvalue weighted by atomic mass is 10.0. The first-order chi connectivity index (χ1) is 6.77. The lowest BCUT2D eigenvalue weighted by Crippen LogP contribution is -2.45. The topological polar surface area (TPSA) is 37.0 Å². The summed E-state index contributed by atoms with van der Waals surface area (Å²) >= 11 is 3.53. The summed E-state index contributed by atoms with van der Waals surface area (Å²) < 4.78 is 1.08. The molecule has 0 aliphatic carbocycles. The molecule has 1 saturated heterocycles. The molecule has 0 atom stereocenters. The van der Waals surface area contributed by atoms with Gasteiger partial charge in [0.25, 0.3) is 0 Å². The number of rotatable bonds is 3. The minimum absolute atomic E-state index is 0.754. The zero-order chi connectivity index (χ0) is 9.97. The van der Waals surface area contributed by atoms with Crippen LogP contribution in [0.25, 0.3) is 0 Å². The Labute approximate surface area is 92.4 Å². The Morgan fingerprint density at radius 2 is 2.43 bits per heavy atom. The van der Waals surface area contributed by atoms with Crippen molar-refractivity contribution in [1.29, 1.82) is 0 Å². The maximum atomic E-state index is 4.29. The third kappa shape index (κ3) is 2.07. The normalized spacial score (nSPS) is 16.4. The molecule has 4 heteroatoms. The molecule has 1 fully saturated rings. The second kappa shape index (κ2) is 4.28. The molecule has 1 aliphatic heterocycles. The largest absolute Gasteiger partial charge is 0.369 e. The van der Waals surface area contributed by atoms with Gasteiger partial charge in [-0.3, -0.25) is 0 Å². The van der Waals surface area contributed by atoms with Crippen molar-refractivity contribution >= 4 is 21.7 Å². The predicted octanol–water partition coefficient (Wildman–Crippen LogP) is 1.78. The highest BCUT2D eigenvalue weighted by Gasteiger charge is 2.16. The van der Waals surface area contributed by atoms with Crippen molar-refractivity contribution < 1.29 is 0 Å². The number of pyridine rings is 1. The quantitative estimate of drug-likeness (QED) is 0.865. The lowest BCUT2D eigenvalue weighted by molar-refractivity contribution is 0.365. The van der Waals surface area contributed by atoms with Gasteiger partial charge in [0.05, 0.1) is 4.47 Å². The van der Waals surface area contributed by atoms with Crippen LogP contribution < -0.4 is 10.6 Å². The summed E-state index contributed by atoms with van der Waals surface area (Å²) in [6.07, 6.45) is 1.83. The third-order valence-corrected chi connectivity index (χ3v) is 3.51. The van der Waals surface area contributed by atoms with Crippen molar-refractivity contribution in [2.45, 2.75) is 6.92 Å². The van der Waals surface area contributed by atoms with Crippen molar-refractivity contribution in [1.82, 2.24) is 10.3 Å². The Hall–Kier alpha value is -0.610. The van der Waals surface area contributed by atoms with E-state index in [-0.39, 0.29) is 0 Å². The Bertz CT molecular complexity index is 323. The molecule has 0 unspecified atom stereocenters. The number of anilines is 1. The maximum Gasteiger partial charge on any atom is 0.140 e. The molecular weight excluding hydrogens is 242 g/mol. The number of nitrogens with zero attached hydrogens (tertiary/aromatic N) is 1. The highest BCUT2D eigenvalue weighted by molar-refractivity contribution is 9.10. The van der Waals surface area contributed by atoms with E-state index in [0.717, 1.165) is 35.8 Å². The molecule has 0 radical (unpaired) electrons. The van der Waals surface area contributed by atoms with Crippen molar-refractivity contribution in [3.05, 3.63) is 22.3 Å². The molecule has 1 aliphatic rings. The number of hydrogen-bond donors (Lipinski definition) is 2. The van der Waals surface area contributed by atoms with Gasteiger partial charge in [0.1, 0.15) is 5.82 Å². The first-order valence-corrected chi connectivity index (χ1v) is 5.62. The van der Waals surface area contributed by atoms with E-state index in [1.807, 2.05) is 12.3 Å². The van der Waals surface area contributed by atoms with E-state index in [0.29, 0.717) is 0 Å². The van der Waals surface area contributed by atoms with E-state index in [2.05, 4.69) is 38.5 Å². The van der Waals surface area contributed by atoms with E-state index in [1.54, 1.807) is 0 Å². The Morgan fingerprint density at radius 3 is 3.07 bits per heavy atom. The molecule has 3 nitrogen and oxygen atoms in total. The molecule has 2 rings (SSSR count). The molecule has 2 N–H and O–H groups in total. The minimum Gasteiger partial charge on any atom is -0.369 e. The van der Waals surface area contributed by atoms with E-state index in [1.165, 1.54) is 5.56 Å². The summed E-state index contributed by atoms with van der Waals surface area (Å²) in [6, 6.07) is 2.00. The van der Waals surface area contributed by atoms with Gasteiger partial charge < -0.3 is 10.6 Å². The summed E-state index contributed by atoms with van der Waals surface area (Å²) in [4.78, 5) is 4.29. The average molecular weight is 256 g/mol. The predicted molar refractivity (Wildman–Crippen MR) is 61.5 cm³/mol. The van der Waals surface area contributed by atoms with Crippen LogP contribution in [0.2, 0.25) is 0 Å². The Morgan fingerprint density at radius 1 is 1.64 bits per heavy atom. The Balaban J connectivity index is 1.97. The van der Waals surface area contributed by atoms with Crippen LogP contribution >= 0.6 is 15.9 Å². The summed E-state index contributed by atoms with van der Waals surface area (Å²) in [7, 11) is 0. The molecule has 0 bridgehead atoms. The van der Waals surface area contributed by atoms with Gasteiger partial charge in [-0.2, -0.15) is 0 Å². The molecule has 0 spiro atoms. The highest BCUT2D eigenvalue weighted by atomic mass is 79.9. The first-order valence-electron chi connectivity index (χ1n) is 4.83. The summed E-state index contributed by atoms with van der Waals surface area (Å²) in [5.74, 6) is 1.71. The summed E-state index contributed by atoms with van der Waals surface area (Å²) in [6.45, 7) is 5.32. The molecule has 14 heavy (non-hydrogen) atoms. The van der Waals surface area contributed by atoms with Crippen molar-refractivity contribution in [3.63, 3.8) is 0 Å². The lowest BCUT2D eigenvalue weighted by Gasteiger charge is -2.27. The van der Waals surface area contributed by atoms with E-state index in [4.69, 9.17) is 0 Å². The molecule has 2 heterocycles. The van der Waals surface area contributed by atoms with Crippen LogP contribution in [0, 0.1) is 12.8 Å². The number of halogens is 1. The van der Waals surface area contributed by atoms with Crippen LogP contribution in [0.5, 0.6) is 0 Å². The van der Waals surface area contributed by atoms with E-state index >= 15 is 0 Å². The summed E-state index contributed by atoms with van der Waals surface area (Å²) in [5.41, 5.74) is 1.22. The average Bonchev–Trinajstić information content (AvgIpc) is 2.09. The Kier molecular flexibility index (Phi) is 3.03. The second-order valence-electron chi connectivity index (χ2n) is 3.70. The molecular formula is C10H14BrN3. The number of aromatic nitrogens is 1. The van der Waals surface area contributed by atoms with Gasteiger partial charge in [0, 0.05) is 31.7 Å².